The first-order chi connectivity index (χ1) is 68.0. The van der Waals surface area contributed by atoms with Gasteiger partial charge in [-0.05, 0) is 249 Å². The average Bonchev–Trinajstić information content (AvgIpc) is 1.00. The van der Waals surface area contributed by atoms with E-state index < -0.39 is 10.8 Å². The van der Waals surface area contributed by atoms with Gasteiger partial charge in [-0.25, -0.2) is 24.9 Å². The number of aryl methyl sites for hydroxylation is 14. The fraction of sp³-hybridized carbons (Fsp3) is 0.233. The Hall–Kier alpha value is -14.9. The molecule has 2 fully saturated rings. The zero-order valence-corrected chi connectivity index (χ0v) is 81.4. The number of imidazole rings is 5. The maximum absolute atomic E-state index is 5.49. The Morgan fingerprint density at radius 1 is 0.266 bits per heavy atom. The molecule has 2 aliphatic carbocycles. The number of pyridine rings is 5. The lowest BCUT2D eigenvalue weighted by Gasteiger charge is -2.55. The predicted octanol–water partition coefficient (Wildman–Crippen LogP) is 31.4. The van der Waals surface area contributed by atoms with Crippen molar-refractivity contribution in [1.82, 2.24) is 46.9 Å². The van der Waals surface area contributed by atoms with Gasteiger partial charge in [0, 0.05) is 88.5 Å². The van der Waals surface area contributed by atoms with Gasteiger partial charge in [0.25, 0.3) is 0 Å². The molecule has 31 rings (SSSR count). The highest BCUT2D eigenvalue weighted by atomic mass is 15.1. The third-order valence-electron chi connectivity index (χ3n) is 34.1. The van der Waals surface area contributed by atoms with E-state index in [1.165, 1.54) is 277 Å². The van der Waals surface area contributed by atoms with Crippen molar-refractivity contribution in [3.8, 4) is 0 Å². The van der Waals surface area contributed by atoms with E-state index in [-0.39, 0.29) is 0 Å². The second-order valence-electron chi connectivity index (χ2n) is 41.6. The molecule has 4 atom stereocenters. The molecular formula is C129H112N10. The Morgan fingerprint density at radius 2 is 0.590 bits per heavy atom. The number of benzene rings is 14. The van der Waals surface area contributed by atoms with Crippen molar-refractivity contribution in [2.45, 2.75) is 194 Å². The van der Waals surface area contributed by atoms with Gasteiger partial charge in [0.05, 0.1) is 72.6 Å². The number of nitrogens with zero attached hydrogens (tertiary/aromatic N) is 10. The molecule has 10 aromatic heterocycles. The van der Waals surface area contributed by atoms with Crippen molar-refractivity contribution in [3.05, 3.63) is 438 Å². The summed E-state index contributed by atoms with van der Waals surface area (Å²) >= 11 is 0. The van der Waals surface area contributed by atoms with Crippen LogP contribution >= 0.6 is 0 Å². The summed E-state index contributed by atoms with van der Waals surface area (Å²) in [7, 11) is 0. The van der Waals surface area contributed by atoms with Crippen LogP contribution in [0.15, 0.2) is 297 Å². The van der Waals surface area contributed by atoms with E-state index in [1.54, 1.807) is 11.1 Å². The van der Waals surface area contributed by atoms with Crippen LogP contribution in [0.4, 0.5) is 0 Å². The molecule has 4 unspecified atom stereocenters. The standard InChI is InChI=1S/C43H32N2.C23H22N2.C22H20N2.C22H22N2.C19H16N2/c1-29-27-28-37-39-38(29)35-25-15-16-26-36(35)41-44-30(2)40(45(39)41)43(33-21-11-5-12-22-33,34-23-13-6-14-24-34)42(37,31-17-7-3-8-18-31)32-19-9-4-10-20-32;1-13-11-12-18-15-7-3-5-9-17(15)21-14(2)24-23-19-10-6-4-8-16(19)20(13)22(18)25(21)23;1-12-10-11-17-14-8-5-9-16(14)20-13(2)23-22-18-7-4-3-6-15(18)19(12)21(17)24(20)22;1-12(2)18-11-15-9-10-19-14(4)23-22-17-8-6-5-7-16(17)20(13(18)3)21(15)24(19)22;1-11-7-8-13-9-10-16-12(2)20-19-15-6-4-3-5-14(15)17(11)18(13)21(16)19/h3-28H,1-2H3;4,6,8,10-12,15,17H,3,5,7,9H2,1-2H3;3-4,6-7,10-11,14,16H,5,8-9H2,1-2H3;5-8,11-12H,9-10H2,1-4H3;3-8H,9-10H2,1-2H3. The Labute approximate surface area is 809 Å². The van der Waals surface area contributed by atoms with Crippen LogP contribution in [0.5, 0.6) is 0 Å². The topological polar surface area (TPSA) is 86.5 Å². The second kappa shape index (κ2) is 31.3. The molecule has 10 nitrogen and oxygen atoms in total. The van der Waals surface area contributed by atoms with Crippen molar-refractivity contribution >= 4 is 137 Å². The van der Waals surface area contributed by atoms with Crippen LogP contribution < -0.4 is 0 Å². The van der Waals surface area contributed by atoms with Gasteiger partial charge in [0.2, 0.25) is 0 Å². The lowest BCUT2D eigenvalue weighted by atomic mass is 9.46. The smallest absolute Gasteiger partial charge is 0.145 e. The van der Waals surface area contributed by atoms with E-state index in [2.05, 4.69) is 402 Å². The normalized spacial score (nSPS) is 17.1. The monoisotopic (exact) mass is 1800 g/mol. The maximum Gasteiger partial charge on any atom is 0.145 e. The fourth-order valence-electron chi connectivity index (χ4n) is 28.6. The third-order valence-corrected chi connectivity index (χ3v) is 34.1. The lowest BCUT2D eigenvalue weighted by molar-refractivity contribution is 0.373. The highest BCUT2D eigenvalue weighted by molar-refractivity contribution is 6.19. The Kier molecular flexibility index (Phi) is 18.8. The molecule has 0 amide bonds. The van der Waals surface area contributed by atoms with Gasteiger partial charge in [0.15, 0.2) is 0 Å². The predicted molar refractivity (Wildman–Crippen MR) is 576 cm³/mol. The minimum absolute atomic E-state index is 0.547. The first-order valence-electron chi connectivity index (χ1n) is 50.9. The van der Waals surface area contributed by atoms with E-state index in [9.17, 15) is 0 Å². The first-order valence-corrected chi connectivity index (χ1v) is 50.9. The quantitative estimate of drug-likeness (QED) is 0.160. The summed E-state index contributed by atoms with van der Waals surface area (Å²) in [6, 6.07) is 110. The maximum atomic E-state index is 5.49. The molecule has 678 valence electrons. The van der Waals surface area contributed by atoms with Crippen molar-refractivity contribution in [3.63, 3.8) is 0 Å². The molecule has 0 N–H and O–H groups in total. The van der Waals surface area contributed by atoms with Crippen LogP contribution in [0.2, 0.25) is 0 Å². The molecule has 0 bridgehead atoms. The van der Waals surface area contributed by atoms with Gasteiger partial charge in [0.1, 0.15) is 28.2 Å². The van der Waals surface area contributed by atoms with Crippen LogP contribution in [0.1, 0.15) is 229 Å². The van der Waals surface area contributed by atoms with E-state index in [0.717, 1.165) is 59.6 Å². The molecule has 15 heterocycles. The molecule has 0 saturated heterocycles. The molecular weight excluding hydrogens is 1690 g/mol. The molecule has 2 saturated carbocycles. The van der Waals surface area contributed by atoms with Crippen molar-refractivity contribution in [2.24, 2.45) is 0 Å². The minimum atomic E-state index is -0.681. The van der Waals surface area contributed by atoms with Gasteiger partial charge in [-0.1, -0.05) is 330 Å². The molecule has 7 aliphatic rings. The molecule has 0 spiro atoms. The highest BCUT2D eigenvalue weighted by Gasteiger charge is 2.63. The molecule has 0 radical (unpaired) electrons. The molecule has 10 heteroatoms. The number of rotatable bonds is 5. The van der Waals surface area contributed by atoms with Crippen LogP contribution in [-0.4, -0.2) is 46.9 Å². The van der Waals surface area contributed by atoms with Crippen molar-refractivity contribution < 1.29 is 0 Å². The summed E-state index contributed by atoms with van der Waals surface area (Å²) in [5.41, 5.74) is 44.6. The minimum Gasteiger partial charge on any atom is -0.296 e. The summed E-state index contributed by atoms with van der Waals surface area (Å²) in [6.07, 6.45) is 13.7. The van der Waals surface area contributed by atoms with Gasteiger partial charge in [-0.15, -0.1) is 0 Å². The summed E-state index contributed by atoms with van der Waals surface area (Å²) in [5.74, 6) is 3.19. The fourth-order valence-corrected chi connectivity index (χ4v) is 28.6. The number of hydrogen-bond acceptors (Lipinski definition) is 5. The third kappa shape index (κ3) is 11.5. The summed E-state index contributed by atoms with van der Waals surface area (Å²) in [5, 5.41) is 19.9. The highest BCUT2D eigenvalue weighted by Crippen LogP contribution is 2.65. The number of aromatic nitrogens is 10. The summed E-state index contributed by atoms with van der Waals surface area (Å²) < 4.78 is 12.4. The molecule has 14 aromatic carbocycles. The van der Waals surface area contributed by atoms with Gasteiger partial charge < -0.3 is 0 Å². The Morgan fingerprint density at radius 3 is 1.03 bits per heavy atom. The zero-order chi connectivity index (χ0) is 93.6. The average molecular weight is 1800 g/mol. The van der Waals surface area contributed by atoms with Crippen LogP contribution in [0.3, 0.4) is 0 Å². The largest absolute Gasteiger partial charge is 0.296 e. The van der Waals surface area contributed by atoms with Crippen LogP contribution in [-0.2, 0) is 36.5 Å². The SMILES string of the molecule is Cc1nc2c3ccccc3c3c(C)c(C(C)C)cc4c3n2c1CC4.Cc1nc2c3ccccc3c3c(C)ccc4c3n2c1C(c1ccccc1)(c1ccccc1)C4(c1ccccc1)c1ccccc1.Cc1nc2c3ccccc3c3c(C)ccc4c3n2c1C1CCCC41.Cc1nc2c3ccccc3c3c(C)ccc4c3n2c1C1CCCCC41.Cc1nc2c3ccccc3c3c(C)ccc4c3n2c1CC4. The molecule has 5 aliphatic heterocycles. The lowest BCUT2D eigenvalue weighted by Crippen LogP contribution is -2.55. The molecule has 139 heavy (non-hydrogen) atoms. The van der Waals surface area contributed by atoms with Gasteiger partial charge in [-0.3, -0.25) is 22.0 Å². The first kappa shape index (κ1) is 83.5. The number of fused-ring (bicyclic) bond motifs is 21. The second-order valence-corrected chi connectivity index (χ2v) is 41.6. The van der Waals surface area contributed by atoms with E-state index in [0.29, 0.717) is 29.6 Å². The van der Waals surface area contributed by atoms with Crippen molar-refractivity contribution in [1.29, 1.82) is 0 Å². The Bertz CT molecular complexity index is 9280. The zero-order valence-electron chi connectivity index (χ0n) is 81.4. The van der Waals surface area contributed by atoms with E-state index >= 15 is 0 Å². The van der Waals surface area contributed by atoms with Gasteiger partial charge >= 0.3 is 0 Å². The van der Waals surface area contributed by atoms with Crippen LogP contribution in [0.25, 0.3) is 137 Å². The number of hydrogen-bond donors (Lipinski definition) is 0. The van der Waals surface area contributed by atoms with Gasteiger partial charge in [-0.2, -0.15) is 0 Å². The van der Waals surface area contributed by atoms with Crippen LogP contribution in [0, 0.1) is 69.2 Å². The molecule has 24 aromatic rings. The van der Waals surface area contributed by atoms with E-state index in [4.69, 9.17) is 24.9 Å². The van der Waals surface area contributed by atoms with E-state index in [1.807, 2.05) is 0 Å². The summed E-state index contributed by atoms with van der Waals surface area (Å²) in [6.45, 7) is 26.8. The summed E-state index contributed by atoms with van der Waals surface area (Å²) in [4.78, 5) is 25.4. The van der Waals surface area contributed by atoms with Crippen molar-refractivity contribution in [2.75, 3.05) is 0 Å². The Balaban J connectivity index is 0.0000000904.